The van der Waals surface area contributed by atoms with Gasteiger partial charge in [0.25, 0.3) is 5.91 Å². The van der Waals surface area contributed by atoms with E-state index in [1.54, 1.807) is 12.1 Å². The van der Waals surface area contributed by atoms with Crippen molar-refractivity contribution in [3.8, 4) is 5.75 Å². The maximum atomic E-state index is 12.3. The van der Waals surface area contributed by atoms with Crippen molar-refractivity contribution in [3.63, 3.8) is 0 Å². The number of hydrogen-bond acceptors (Lipinski definition) is 10. The third kappa shape index (κ3) is 10.7. The predicted molar refractivity (Wildman–Crippen MR) is 172 cm³/mol. The van der Waals surface area contributed by atoms with Crippen LogP contribution in [0, 0.1) is 5.41 Å². The molecule has 0 saturated heterocycles. The van der Waals surface area contributed by atoms with Crippen molar-refractivity contribution < 1.29 is 19.8 Å². The number of aliphatic hydroxyl groups is 1. The largest absolute Gasteiger partial charge is 0.506 e. The zero-order valence-electron chi connectivity index (χ0n) is 24.6. The van der Waals surface area contributed by atoms with E-state index in [9.17, 15) is 19.8 Å². The van der Waals surface area contributed by atoms with E-state index < -0.39 is 12.0 Å². The molecule has 0 aliphatic carbocycles. The van der Waals surface area contributed by atoms with Crippen LogP contribution in [0.1, 0.15) is 65.9 Å². The van der Waals surface area contributed by atoms with Gasteiger partial charge in [0.15, 0.2) is 28.4 Å². The maximum Gasteiger partial charge on any atom is 0.280 e. The number of nitrogens with two attached hydrogens (primary N) is 2. The molecule has 44 heavy (non-hydrogen) atoms. The number of benzene rings is 2. The van der Waals surface area contributed by atoms with Crippen molar-refractivity contribution in [2.45, 2.75) is 57.6 Å². The van der Waals surface area contributed by atoms with Gasteiger partial charge < -0.3 is 37.6 Å². The molecular weight excluding hydrogens is 586 g/mol. The highest BCUT2D eigenvalue weighted by atomic mass is 35.5. The summed E-state index contributed by atoms with van der Waals surface area (Å²) in [5.74, 6) is -1.17. The summed E-state index contributed by atoms with van der Waals surface area (Å²) in [6.07, 6.45) is 5.22. The second kappa shape index (κ2) is 17.0. The number of nitrogen functional groups attached to an aromatic ring is 2. The summed E-state index contributed by atoms with van der Waals surface area (Å²) < 4.78 is 0. The number of nitrogens with one attached hydrogen (secondary N) is 5. The fraction of sp³-hybridized carbons (Fsp3) is 0.367. The quantitative estimate of drug-likeness (QED) is 0.0372. The lowest BCUT2D eigenvalue weighted by Crippen LogP contribution is -2.41. The Morgan fingerprint density at radius 3 is 2.41 bits per heavy atom. The fourth-order valence-electron chi connectivity index (χ4n) is 4.45. The van der Waals surface area contributed by atoms with Crippen LogP contribution in [0.3, 0.4) is 0 Å². The zero-order chi connectivity index (χ0) is 32.1. The van der Waals surface area contributed by atoms with Crippen molar-refractivity contribution in [1.29, 1.82) is 5.41 Å². The van der Waals surface area contributed by atoms with E-state index in [1.807, 2.05) is 0 Å². The van der Waals surface area contributed by atoms with Gasteiger partial charge in [0, 0.05) is 19.1 Å². The predicted octanol–water partition coefficient (Wildman–Crippen LogP) is 2.88. The number of anilines is 3. The number of unbranched alkanes of at least 4 members (excludes halogenated alkanes) is 1. The lowest BCUT2D eigenvalue weighted by Gasteiger charge is -2.18. The van der Waals surface area contributed by atoms with Crippen LogP contribution in [-0.2, 0) is 17.6 Å². The van der Waals surface area contributed by atoms with Crippen molar-refractivity contribution in [2.24, 2.45) is 0 Å². The Labute approximate surface area is 261 Å². The van der Waals surface area contributed by atoms with E-state index in [0.29, 0.717) is 25.1 Å². The second-order valence-electron chi connectivity index (χ2n) is 10.4. The Balaban J connectivity index is 1.28. The molecular formula is C30H40ClN9O4. The molecule has 0 unspecified atom stereocenters. The molecule has 0 saturated carbocycles. The zero-order valence-corrected chi connectivity index (χ0v) is 25.3. The van der Waals surface area contributed by atoms with E-state index in [4.69, 9.17) is 28.5 Å². The summed E-state index contributed by atoms with van der Waals surface area (Å²) in [5, 5.41) is 39.0. The smallest absolute Gasteiger partial charge is 0.280 e. The number of aromatic hydroxyl groups is 1. The SMILES string of the molecule is C[C@H](CCCc1ccc(CCCCNC(=N)NC(=O)c2nc(Cl)c(N)nc2N)cc1)NC[C@H](O)c1ccc(O)c(NC=O)c1. The normalized spacial score (nSPS) is 12.2. The highest BCUT2D eigenvalue weighted by Crippen LogP contribution is 2.26. The minimum absolute atomic E-state index is 0.0530. The summed E-state index contributed by atoms with van der Waals surface area (Å²) >= 11 is 5.80. The number of nitrogens with zero attached hydrogens (tertiary/aromatic N) is 2. The van der Waals surface area contributed by atoms with Gasteiger partial charge in [0.05, 0.1) is 11.8 Å². The van der Waals surface area contributed by atoms with Crippen molar-refractivity contribution in [3.05, 3.63) is 70.0 Å². The first-order valence-corrected chi connectivity index (χ1v) is 14.7. The molecule has 1 heterocycles. The third-order valence-corrected chi connectivity index (χ3v) is 7.24. The van der Waals surface area contributed by atoms with Crippen molar-refractivity contribution in [2.75, 3.05) is 29.9 Å². The summed E-state index contributed by atoms with van der Waals surface area (Å²) in [4.78, 5) is 30.5. The van der Waals surface area contributed by atoms with Gasteiger partial charge in [-0.1, -0.05) is 41.9 Å². The van der Waals surface area contributed by atoms with Gasteiger partial charge >= 0.3 is 0 Å². The molecule has 0 spiro atoms. The van der Waals surface area contributed by atoms with Crippen LogP contribution in [0.25, 0.3) is 0 Å². The molecule has 2 aromatic carbocycles. The highest BCUT2D eigenvalue weighted by Gasteiger charge is 2.17. The second-order valence-corrected chi connectivity index (χ2v) is 10.8. The van der Waals surface area contributed by atoms with Gasteiger partial charge in [0.1, 0.15) is 5.75 Å². The number of amides is 2. The Morgan fingerprint density at radius 2 is 1.73 bits per heavy atom. The van der Waals surface area contributed by atoms with E-state index in [2.05, 4.69) is 62.4 Å². The average Bonchev–Trinajstić information content (AvgIpc) is 2.99. The van der Waals surface area contributed by atoms with E-state index in [0.717, 1.165) is 38.5 Å². The van der Waals surface area contributed by atoms with Gasteiger partial charge in [-0.05, 0) is 74.3 Å². The summed E-state index contributed by atoms with van der Waals surface area (Å²) in [7, 11) is 0. The van der Waals surface area contributed by atoms with Crippen LogP contribution >= 0.6 is 11.6 Å². The number of carbonyl (C=O) groups excluding carboxylic acids is 2. The van der Waals surface area contributed by atoms with Gasteiger partial charge in [-0.2, -0.15) is 0 Å². The molecule has 0 fully saturated rings. The minimum Gasteiger partial charge on any atom is -0.506 e. The lowest BCUT2D eigenvalue weighted by molar-refractivity contribution is -0.105. The summed E-state index contributed by atoms with van der Waals surface area (Å²) in [6, 6.07) is 13.4. The molecule has 3 rings (SSSR count). The van der Waals surface area contributed by atoms with Crippen LogP contribution in [-0.4, -0.2) is 57.6 Å². The molecule has 13 nitrogen and oxygen atoms in total. The van der Waals surface area contributed by atoms with Gasteiger partial charge in [-0.15, -0.1) is 0 Å². The van der Waals surface area contributed by atoms with E-state index >= 15 is 0 Å². The van der Waals surface area contributed by atoms with Gasteiger partial charge in [0.2, 0.25) is 6.41 Å². The number of aromatic nitrogens is 2. The lowest BCUT2D eigenvalue weighted by atomic mass is 10.0. The summed E-state index contributed by atoms with van der Waals surface area (Å²) in [6.45, 7) is 2.95. The number of hydrogen-bond donors (Lipinski definition) is 9. The van der Waals surface area contributed by atoms with Crippen molar-refractivity contribution in [1.82, 2.24) is 25.9 Å². The first kappa shape index (κ1) is 34.0. The highest BCUT2D eigenvalue weighted by molar-refractivity contribution is 6.31. The minimum atomic E-state index is -0.767. The number of halogens is 1. The molecule has 0 bridgehead atoms. The number of rotatable bonds is 16. The van der Waals surface area contributed by atoms with Crippen LogP contribution in [0.15, 0.2) is 42.5 Å². The van der Waals surface area contributed by atoms with Crippen LogP contribution in [0.2, 0.25) is 5.15 Å². The van der Waals surface area contributed by atoms with Crippen LogP contribution in [0.4, 0.5) is 17.3 Å². The number of phenolic OH excluding ortho intramolecular Hbond substituents is 1. The van der Waals surface area contributed by atoms with Crippen LogP contribution < -0.4 is 32.7 Å². The number of aliphatic hydroxyl groups excluding tert-OH is 1. The first-order valence-electron chi connectivity index (χ1n) is 14.3. The molecule has 14 heteroatoms. The molecule has 1 aromatic heterocycles. The molecule has 236 valence electrons. The van der Waals surface area contributed by atoms with Crippen LogP contribution in [0.5, 0.6) is 5.75 Å². The maximum absolute atomic E-state index is 12.3. The molecule has 0 aliphatic heterocycles. The van der Waals surface area contributed by atoms with E-state index in [-0.39, 0.29) is 45.9 Å². The Morgan fingerprint density at radius 1 is 1.05 bits per heavy atom. The molecule has 0 radical (unpaired) electrons. The monoisotopic (exact) mass is 625 g/mol. The van der Waals surface area contributed by atoms with Gasteiger partial charge in [-0.3, -0.25) is 20.3 Å². The first-order chi connectivity index (χ1) is 21.1. The molecule has 2 atom stereocenters. The average molecular weight is 626 g/mol. The fourth-order valence-corrected chi connectivity index (χ4v) is 4.58. The number of aryl methyl sites for hydroxylation is 2. The Hall–Kier alpha value is -4.46. The Kier molecular flexibility index (Phi) is 13.1. The third-order valence-electron chi connectivity index (χ3n) is 6.96. The summed E-state index contributed by atoms with van der Waals surface area (Å²) in [5.41, 5.74) is 14.3. The molecule has 2 amide bonds. The molecule has 11 N–H and O–H groups in total. The Bertz CT molecular complexity index is 1420. The van der Waals surface area contributed by atoms with Crippen molar-refractivity contribution >= 4 is 47.2 Å². The van der Waals surface area contributed by atoms with Gasteiger partial charge in [-0.25, -0.2) is 9.97 Å². The molecule has 3 aromatic rings. The number of guanidine groups is 1. The topological polar surface area (TPSA) is 224 Å². The standard InChI is InChI=1S/C30H40ClN9O4/c1-18(36-16-24(43)21-12-13-23(42)22(15-21)37-17-41)5-4-7-20-10-8-19(9-11-20)6-2-3-14-35-30(34)40-29(44)25-27(32)39-28(33)26(31)38-25/h8-13,15,17-18,24,36,42-43H,2-7,14,16H2,1H3,(H,37,41)(H4,32,33,39)(H3,34,35,40,44)/t18-,24+/m1/s1. The number of phenols is 1. The van der Waals surface area contributed by atoms with E-state index in [1.165, 1.54) is 17.2 Å². The number of carbonyl (C=O) groups is 2. The molecule has 0 aliphatic rings.